The van der Waals surface area contributed by atoms with E-state index in [9.17, 15) is 4.79 Å². The van der Waals surface area contributed by atoms with Crippen molar-refractivity contribution in [3.63, 3.8) is 0 Å². The van der Waals surface area contributed by atoms with Gasteiger partial charge < -0.3 is 5.32 Å². The highest BCUT2D eigenvalue weighted by Gasteiger charge is 2.28. The number of nitrogens with zero attached hydrogens (tertiary/aromatic N) is 2. The molecule has 2 rings (SSSR count). The summed E-state index contributed by atoms with van der Waals surface area (Å²) in [6, 6.07) is 0. The Morgan fingerprint density at radius 1 is 1.31 bits per heavy atom. The minimum Gasteiger partial charge on any atom is -0.303 e. The summed E-state index contributed by atoms with van der Waals surface area (Å²) in [6.45, 7) is 2.01. The van der Waals surface area contributed by atoms with Crippen LogP contribution in [-0.2, 0) is 4.79 Å². The van der Waals surface area contributed by atoms with Gasteiger partial charge in [0.15, 0.2) is 5.17 Å². The van der Waals surface area contributed by atoms with Gasteiger partial charge in [-0.2, -0.15) is 5.10 Å². The van der Waals surface area contributed by atoms with Crippen molar-refractivity contribution in [3.05, 3.63) is 0 Å². The lowest BCUT2D eigenvalue weighted by Crippen LogP contribution is -2.24. The lowest BCUT2D eigenvalue weighted by atomic mass is 9.99. The first-order chi connectivity index (χ1) is 7.79. The van der Waals surface area contributed by atoms with Crippen LogP contribution < -0.4 is 5.32 Å². The fourth-order valence-electron chi connectivity index (χ4n) is 1.90. The number of amides is 1. The van der Waals surface area contributed by atoms with Gasteiger partial charge >= 0.3 is 0 Å². The Bertz CT molecular complexity index is 330. The molecule has 2 fully saturated rings. The molecule has 1 aliphatic heterocycles. The number of nitrogens with one attached hydrogen (secondary N) is 1. The highest BCUT2D eigenvalue weighted by Crippen LogP contribution is 2.22. The quantitative estimate of drug-likeness (QED) is 0.752. The second-order valence-corrected chi connectivity index (χ2v) is 5.33. The molecular formula is C11H17N3OS. The highest BCUT2D eigenvalue weighted by molar-refractivity contribution is 8.15. The average Bonchev–Trinajstić information content (AvgIpc) is 2.69. The van der Waals surface area contributed by atoms with Crippen molar-refractivity contribution in [2.45, 2.75) is 50.7 Å². The van der Waals surface area contributed by atoms with Crippen LogP contribution in [0.3, 0.4) is 0 Å². The van der Waals surface area contributed by atoms with Gasteiger partial charge in [-0.25, -0.2) is 0 Å². The fraction of sp³-hybridized carbons (Fsp3) is 0.727. The molecule has 16 heavy (non-hydrogen) atoms. The molecule has 1 saturated carbocycles. The third kappa shape index (κ3) is 2.84. The Labute approximate surface area is 100.0 Å². The fourth-order valence-corrected chi connectivity index (χ4v) is 2.75. The first-order valence-corrected chi connectivity index (χ1v) is 6.78. The number of amidine groups is 1. The zero-order valence-electron chi connectivity index (χ0n) is 9.53. The molecule has 1 amide bonds. The van der Waals surface area contributed by atoms with Crippen LogP contribution in [-0.4, -0.2) is 22.0 Å². The summed E-state index contributed by atoms with van der Waals surface area (Å²) in [5, 5.41) is 11.8. The van der Waals surface area contributed by atoms with Gasteiger partial charge in [0.05, 0.1) is 5.25 Å². The molecule has 1 heterocycles. The van der Waals surface area contributed by atoms with Crippen molar-refractivity contribution in [2.24, 2.45) is 10.2 Å². The van der Waals surface area contributed by atoms with Gasteiger partial charge in [-0.3, -0.25) is 4.79 Å². The largest absolute Gasteiger partial charge is 0.303 e. The number of rotatable bonds is 2. The Morgan fingerprint density at radius 2 is 2.06 bits per heavy atom. The van der Waals surface area contributed by atoms with Crippen LogP contribution in [0.25, 0.3) is 0 Å². The maximum Gasteiger partial charge on any atom is 0.239 e. The van der Waals surface area contributed by atoms with Crippen molar-refractivity contribution < 1.29 is 4.79 Å². The topological polar surface area (TPSA) is 53.8 Å². The molecule has 1 aliphatic carbocycles. The molecule has 5 heteroatoms. The second-order valence-electron chi connectivity index (χ2n) is 4.14. The van der Waals surface area contributed by atoms with Crippen LogP contribution in [0.5, 0.6) is 0 Å². The van der Waals surface area contributed by atoms with Gasteiger partial charge in [0.1, 0.15) is 0 Å². The lowest BCUT2D eigenvalue weighted by molar-refractivity contribution is -0.118. The van der Waals surface area contributed by atoms with Gasteiger partial charge in [0, 0.05) is 5.71 Å². The molecule has 1 atom stereocenters. The summed E-state index contributed by atoms with van der Waals surface area (Å²) < 4.78 is 0. The molecule has 0 aromatic carbocycles. The third-order valence-corrected chi connectivity index (χ3v) is 4.10. The van der Waals surface area contributed by atoms with E-state index in [1.165, 1.54) is 36.7 Å². The van der Waals surface area contributed by atoms with Gasteiger partial charge in [-0.1, -0.05) is 25.1 Å². The first-order valence-electron chi connectivity index (χ1n) is 5.90. The summed E-state index contributed by atoms with van der Waals surface area (Å²) in [7, 11) is 0. The van der Waals surface area contributed by atoms with E-state index in [-0.39, 0.29) is 11.2 Å². The van der Waals surface area contributed by atoms with Crippen molar-refractivity contribution in [1.82, 2.24) is 5.32 Å². The highest BCUT2D eigenvalue weighted by atomic mass is 32.2. The lowest BCUT2D eigenvalue weighted by Gasteiger charge is -2.10. The van der Waals surface area contributed by atoms with Crippen molar-refractivity contribution in [2.75, 3.05) is 0 Å². The minimum absolute atomic E-state index is 0.0188. The second kappa shape index (κ2) is 5.48. The molecule has 0 bridgehead atoms. The van der Waals surface area contributed by atoms with Gasteiger partial charge in [-0.05, 0) is 32.1 Å². The van der Waals surface area contributed by atoms with E-state index >= 15 is 0 Å². The molecule has 0 radical (unpaired) electrons. The number of hydrogen-bond donors (Lipinski definition) is 1. The van der Waals surface area contributed by atoms with Gasteiger partial charge in [0.25, 0.3) is 0 Å². The summed E-state index contributed by atoms with van der Waals surface area (Å²) in [4.78, 5) is 11.4. The van der Waals surface area contributed by atoms with E-state index in [1.807, 2.05) is 6.92 Å². The van der Waals surface area contributed by atoms with E-state index < -0.39 is 0 Å². The van der Waals surface area contributed by atoms with Crippen molar-refractivity contribution in [1.29, 1.82) is 0 Å². The smallest absolute Gasteiger partial charge is 0.239 e. The average molecular weight is 239 g/mol. The molecule has 0 aromatic heterocycles. The van der Waals surface area contributed by atoms with Crippen LogP contribution in [0.1, 0.15) is 45.4 Å². The predicted molar refractivity (Wildman–Crippen MR) is 67.8 cm³/mol. The third-order valence-electron chi connectivity index (χ3n) is 2.86. The van der Waals surface area contributed by atoms with E-state index in [0.717, 1.165) is 19.3 Å². The zero-order chi connectivity index (χ0) is 11.4. The SMILES string of the molecule is CC[C@H]1S/C(=N\N=C2CCCCC2)NC1=O. The van der Waals surface area contributed by atoms with Gasteiger partial charge in [0.2, 0.25) is 5.91 Å². The van der Waals surface area contributed by atoms with E-state index in [4.69, 9.17) is 0 Å². The van der Waals surface area contributed by atoms with Crippen molar-refractivity contribution >= 4 is 28.5 Å². The molecule has 0 spiro atoms. The summed E-state index contributed by atoms with van der Waals surface area (Å²) in [5.74, 6) is 0.0649. The minimum atomic E-state index is 0.0188. The molecule has 0 aromatic rings. The van der Waals surface area contributed by atoms with Crippen LogP contribution >= 0.6 is 11.8 Å². The van der Waals surface area contributed by atoms with Crippen LogP contribution in [0.15, 0.2) is 10.2 Å². The summed E-state index contributed by atoms with van der Waals surface area (Å²) in [5.41, 5.74) is 1.17. The molecule has 2 aliphatic rings. The first kappa shape index (κ1) is 11.6. The van der Waals surface area contributed by atoms with Gasteiger partial charge in [-0.15, -0.1) is 5.10 Å². The van der Waals surface area contributed by atoms with E-state index in [1.54, 1.807) is 0 Å². The predicted octanol–water partition coefficient (Wildman–Crippen LogP) is 2.30. The number of thioether (sulfide) groups is 1. The monoisotopic (exact) mass is 239 g/mol. The maximum atomic E-state index is 11.4. The van der Waals surface area contributed by atoms with Crippen LogP contribution in [0.2, 0.25) is 0 Å². The Kier molecular flexibility index (Phi) is 3.98. The van der Waals surface area contributed by atoms with E-state index in [0.29, 0.717) is 5.17 Å². The summed E-state index contributed by atoms with van der Waals surface area (Å²) in [6.07, 6.45) is 6.71. The normalized spacial score (nSPS) is 28.3. The van der Waals surface area contributed by atoms with Crippen LogP contribution in [0, 0.1) is 0 Å². The Morgan fingerprint density at radius 3 is 2.69 bits per heavy atom. The molecule has 1 saturated heterocycles. The Balaban J connectivity index is 1.95. The molecule has 4 nitrogen and oxygen atoms in total. The molecular weight excluding hydrogens is 222 g/mol. The standard InChI is InChI=1S/C11H17N3OS/c1-2-9-10(15)12-11(16-9)14-13-8-6-4-3-5-7-8/h9H,2-7H2,1H3,(H,12,14,15)/t9-/m1/s1. The van der Waals surface area contributed by atoms with E-state index in [2.05, 4.69) is 15.5 Å². The van der Waals surface area contributed by atoms with Crippen molar-refractivity contribution in [3.8, 4) is 0 Å². The molecule has 88 valence electrons. The Hall–Kier alpha value is -0.840. The van der Waals surface area contributed by atoms with Crippen LogP contribution in [0.4, 0.5) is 0 Å². The maximum absolute atomic E-state index is 11.4. The number of hydrogen-bond acceptors (Lipinski definition) is 4. The molecule has 1 N–H and O–H groups in total. The summed E-state index contributed by atoms with van der Waals surface area (Å²) >= 11 is 1.49. The number of carbonyl (C=O) groups excluding carboxylic acids is 1. The molecule has 0 unspecified atom stereocenters. The zero-order valence-corrected chi connectivity index (χ0v) is 10.3. The number of carbonyl (C=O) groups is 1.